The standard InChI is InChI=1S/C18H14ClNO4S3/c19-12-3-1-2-11(8-12)15-5-4-14(24-15)9-16-17(21)20(18(25)26-16)13-6-7-27(22,23)10-13/h1-5,8-9,13H,6-7,10H2/b16-9-/t13-/m0/s1. The van der Waals surface area contributed by atoms with Gasteiger partial charge in [-0.25, -0.2) is 8.42 Å². The fourth-order valence-corrected chi connectivity index (χ4v) is 6.40. The average Bonchev–Trinajstić information content (AvgIpc) is 3.27. The van der Waals surface area contributed by atoms with Crippen molar-refractivity contribution in [2.45, 2.75) is 12.5 Å². The van der Waals surface area contributed by atoms with Crippen molar-refractivity contribution in [1.29, 1.82) is 0 Å². The molecule has 4 rings (SSSR count). The molecular weight excluding hydrogens is 426 g/mol. The lowest BCUT2D eigenvalue weighted by Crippen LogP contribution is -2.39. The molecule has 1 aromatic heterocycles. The summed E-state index contributed by atoms with van der Waals surface area (Å²) in [4.78, 5) is 14.6. The van der Waals surface area contributed by atoms with E-state index in [1.54, 1.807) is 24.3 Å². The van der Waals surface area contributed by atoms with Crippen LogP contribution < -0.4 is 0 Å². The molecule has 0 bridgehead atoms. The second-order valence-electron chi connectivity index (χ2n) is 6.32. The third-order valence-corrected chi connectivity index (χ3v) is 7.72. The highest BCUT2D eigenvalue weighted by molar-refractivity contribution is 8.26. The van der Waals surface area contributed by atoms with Gasteiger partial charge in [-0.3, -0.25) is 9.69 Å². The number of furan rings is 1. The minimum atomic E-state index is -3.10. The van der Waals surface area contributed by atoms with Gasteiger partial charge in [-0.2, -0.15) is 0 Å². The van der Waals surface area contributed by atoms with Gasteiger partial charge in [0, 0.05) is 16.7 Å². The molecule has 1 aromatic carbocycles. The maximum atomic E-state index is 12.7. The second-order valence-corrected chi connectivity index (χ2v) is 10.7. The smallest absolute Gasteiger partial charge is 0.266 e. The monoisotopic (exact) mass is 439 g/mol. The van der Waals surface area contributed by atoms with E-state index in [9.17, 15) is 13.2 Å². The van der Waals surface area contributed by atoms with Gasteiger partial charge in [0.15, 0.2) is 9.84 Å². The van der Waals surface area contributed by atoms with Crippen LogP contribution in [0.3, 0.4) is 0 Å². The zero-order valence-corrected chi connectivity index (χ0v) is 17.1. The molecule has 2 aliphatic rings. The molecule has 2 saturated heterocycles. The van der Waals surface area contributed by atoms with Gasteiger partial charge in [-0.05, 0) is 30.7 Å². The van der Waals surface area contributed by atoms with Crippen LogP contribution in [0.2, 0.25) is 5.02 Å². The topological polar surface area (TPSA) is 67.6 Å². The largest absolute Gasteiger partial charge is 0.457 e. The molecular formula is C18H14ClNO4S3. The van der Waals surface area contributed by atoms with Gasteiger partial charge < -0.3 is 4.42 Å². The lowest BCUT2D eigenvalue weighted by molar-refractivity contribution is -0.123. The fourth-order valence-electron chi connectivity index (χ4n) is 3.13. The second kappa shape index (κ2) is 7.09. The zero-order valence-electron chi connectivity index (χ0n) is 13.9. The Morgan fingerprint density at radius 3 is 2.81 bits per heavy atom. The number of thiocarbonyl (C=S) groups is 1. The van der Waals surface area contributed by atoms with Crippen molar-refractivity contribution in [3.05, 3.63) is 52.1 Å². The van der Waals surface area contributed by atoms with Gasteiger partial charge in [0.25, 0.3) is 5.91 Å². The summed E-state index contributed by atoms with van der Waals surface area (Å²) in [5, 5.41) is 0.609. The van der Waals surface area contributed by atoms with Crippen molar-refractivity contribution < 1.29 is 17.6 Å². The predicted molar refractivity (Wildman–Crippen MR) is 111 cm³/mol. The maximum absolute atomic E-state index is 12.7. The van der Waals surface area contributed by atoms with Crippen LogP contribution in [0.25, 0.3) is 17.4 Å². The minimum absolute atomic E-state index is 0.0353. The molecule has 1 atom stereocenters. The van der Waals surface area contributed by atoms with E-state index in [1.165, 1.54) is 4.90 Å². The molecule has 0 radical (unpaired) electrons. The van der Waals surface area contributed by atoms with Gasteiger partial charge in [0.2, 0.25) is 0 Å². The van der Waals surface area contributed by atoms with Gasteiger partial charge >= 0.3 is 0 Å². The quantitative estimate of drug-likeness (QED) is 0.532. The summed E-state index contributed by atoms with van der Waals surface area (Å²) in [6.45, 7) is 0. The molecule has 27 heavy (non-hydrogen) atoms. The Bertz CT molecular complexity index is 1070. The number of hydrogen-bond acceptors (Lipinski definition) is 6. The first-order chi connectivity index (χ1) is 12.8. The summed E-state index contributed by atoms with van der Waals surface area (Å²) in [6, 6.07) is 10.5. The normalized spacial score (nSPS) is 23.5. The summed E-state index contributed by atoms with van der Waals surface area (Å²) >= 11 is 12.5. The number of rotatable bonds is 3. The van der Waals surface area contributed by atoms with Crippen molar-refractivity contribution in [1.82, 2.24) is 4.90 Å². The molecule has 0 unspecified atom stereocenters. The van der Waals surface area contributed by atoms with Gasteiger partial charge in [0.05, 0.1) is 22.5 Å². The Kier molecular flexibility index (Phi) is 4.92. The van der Waals surface area contributed by atoms with E-state index in [0.29, 0.717) is 32.2 Å². The molecule has 3 heterocycles. The number of carbonyl (C=O) groups excluding carboxylic acids is 1. The molecule has 5 nitrogen and oxygen atoms in total. The maximum Gasteiger partial charge on any atom is 0.266 e. The number of halogens is 1. The summed E-state index contributed by atoms with van der Waals surface area (Å²) in [5.74, 6) is 0.944. The molecule has 9 heteroatoms. The van der Waals surface area contributed by atoms with Crippen LogP contribution in [0, 0.1) is 0 Å². The molecule has 0 aliphatic carbocycles. The number of nitrogens with zero attached hydrogens (tertiary/aromatic N) is 1. The highest BCUT2D eigenvalue weighted by atomic mass is 35.5. The van der Waals surface area contributed by atoms with Crippen LogP contribution >= 0.6 is 35.6 Å². The van der Waals surface area contributed by atoms with E-state index in [1.807, 2.05) is 18.2 Å². The van der Waals surface area contributed by atoms with Crippen molar-refractivity contribution in [3.8, 4) is 11.3 Å². The number of thioether (sulfide) groups is 1. The highest BCUT2D eigenvalue weighted by Crippen LogP contribution is 2.37. The highest BCUT2D eigenvalue weighted by Gasteiger charge is 2.42. The number of sulfone groups is 1. The lowest BCUT2D eigenvalue weighted by Gasteiger charge is -2.20. The first kappa shape index (κ1) is 18.7. The minimum Gasteiger partial charge on any atom is -0.457 e. The van der Waals surface area contributed by atoms with Gasteiger partial charge in [0.1, 0.15) is 15.8 Å². The molecule has 2 aromatic rings. The Morgan fingerprint density at radius 2 is 2.11 bits per heavy atom. The van der Waals surface area contributed by atoms with Crippen LogP contribution in [0.1, 0.15) is 12.2 Å². The number of amides is 1. The van der Waals surface area contributed by atoms with Crippen LogP contribution in [0.5, 0.6) is 0 Å². The van der Waals surface area contributed by atoms with Gasteiger partial charge in [-0.15, -0.1) is 0 Å². The van der Waals surface area contributed by atoms with Crippen LogP contribution in [0.15, 0.2) is 45.7 Å². The molecule has 2 aliphatic heterocycles. The van der Waals surface area contributed by atoms with Crippen LogP contribution in [0.4, 0.5) is 0 Å². The lowest BCUT2D eigenvalue weighted by atomic mass is 10.2. The Morgan fingerprint density at radius 1 is 1.30 bits per heavy atom. The zero-order chi connectivity index (χ0) is 19.2. The Hall–Kier alpha value is -1.61. The van der Waals surface area contributed by atoms with E-state index >= 15 is 0 Å². The SMILES string of the molecule is O=C1/C(=C/c2ccc(-c3cccc(Cl)c3)o2)SC(=S)N1[C@H]1CCS(=O)(=O)C1. The third-order valence-electron chi connectivity index (χ3n) is 4.41. The average molecular weight is 440 g/mol. The predicted octanol–water partition coefficient (Wildman–Crippen LogP) is 3.99. The van der Waals surface area contributed by atoms with Crippen LogP contribution in [-0.4, -0.2) is 41.1 Å². The Labute approximate surface area is 171 Å². The molecule has 140 valence electrons. The van der Waals surface area contributed by atoms with Crippen LogP contribution in [-0.2, 0) is 14.6 Å². The van der Waals surface area contributed by atoms with E-state index in [2.05, 4.69) is 0 Å². The number of benzene rings is 1. The van der Waals surface area contributed by atoms with Gasteiger partial charge in [-0.1, -0.05) is 47.7 Å². The number of hydrogen-bond donors (Lipinski definition) is 0. The first-order valence-electron chi connectivity index (χ1n) is 8.16. The molecule has 2 fully saturated rings. The first-order valence-corrected chi connectivity index (χ1v) is 11.6. The molecule has 0 spiro atoms. The summed E-state index contributed by atoms with van der Waals surface area (Å²) in [5.41, 5.74) is 0.839. The third kappa shape index (κ3) is 3.85. The van der Waals surface area contributed by atoms with Crippen molar-refractivity contribution in [2.75, 3.05) is 11.5 Å². The van der Waals surface area contributed by atoms with E-state index in [-0.39, 0.29) is 23.5 Å². The Balaban J connectivity index is 1.57. The fraction of sp³-hybridized carbons (Fsp3) is 0.222. The van der Waals surface area contributed by atoms with E-state index < -0.39 is 9.84 Å². The van der Waals surface area contributed by atoms with E-state index in [4.69, 9.17) is 28.2 Å². The molecule has 0 N–H and O–H groups in total. The number of carbonyl (C=O) groups is 1. The molecule has 0 saturated carbocycles. The van der Waals surface area contributed by atoms with Crippen molar-refractivity contribution in [2.24, 2.45) is 0 Å². The van der Waals surface area contributed by atoms with E-state index in [0.717, 1.165) is 17.3 Å². The summed E-state index contributed by atoms with van der Waals surface area (Å²) < 4.78 is 29.6. The summed E-state index contributed by atoms with van der Waals surface area (Å²) in [6.07, 6.45) is 2.05. The van der Waals surface area contributed by atoms with Crippen molar-refractivity contribution >= 4 is 61.7 Å². The van der Waals surface area contributed by atoms with Crippen molar-refractivity contribution in [3.63, 3.8) is 0 Å². The summed E-state index contributed by atoms with van der Waals surface area (Å²) in [7, 11) is -3.10. The molecule has 1 amide bonds.